The lowest BCUT2D eigenvalue weighted by atomic mass is 10.2. The van der Waals surface area contributed by atoms with Gasteiger partial charge >= 0.3 is 0 Å². The fraction of sp³-hybridized carbons (Fsp3) is 0.571. The van der Waals surface area contributed by atoms with E-state index >= 15 is 0 Å². The Morgan fingerprint density at radius 1 is 1.58 bits per heavy atom. The molecule has 0 saturated heterocycles. The van der Waals surface area contributed by atoms with Crippen molar-refractivity contribution in [2.75, 3.05) is 6.54 Å². The summed E-state index contributed by atoms with van der Waals surface area (Å²) in [7, 11) is 0. The van der Waals surface area contributed by atoms with Gasteiger partial charge in [0.1, 0.15) is 0 Å². The smallest absolute Gasteiger partial charge is 0.198 e. The van der Waals surface area contributed by atoms with Crippen molar-refractivity contribution in [1.29, 1.82) is 0 Å². The van der Waals surface area contributed by atoms with Crippen molar-refractivity contribution in [1.82, 2.24) is 15.4 Å². The van der Waals surface area contributed by atoms with Gasteiger partial charge in [-0.05, 0) is 12.8 Å². The molecule has 1 fully saturated rings. The van der Waals surface area contributed by atoms with Gasteiger partial charge in [0.05, 0.1) is 12.2 Å². The van der Waals surface area contributed by atoms with Crippen LogP contribution in [0.5, 0.6) is 0 Å². The molecule has 0 unspecified atom stereocenters. The van der Waals surface area contributed by atoms with E-state index < -0.39 is 0 Å². The highest BCUT2D eigenvalue weighted by Gasteiger charge is 2.31. The zero-order chi connectivity index (χ0) is 8.55. The second-order valence-corrected chi connectivity index (χ2v) is 2.96. The van der Waals surface area contributed by atoms with Gasteiger partial charge in [0, 0.05) is 5.92 Å². The van der Waals surface area contributed by atoms with Crippen LogP contribution in [0.4, 0.5) is 0 Å². The summed E-state index contributed by atoms with van der Waals surface area (Å²) in [6, 6.07) is 0. The zero-order valence-corrected chi connectivity index (χ0v) is 6.58. The van der Waals surface area contributed by atoms with E-state index in [1.54, 1.807) is 0 Å². The molecule has 1 aliphatic carbocycles. The van der Waals surface area contributed by atoms with Crippen LogP contribution < -0.4 is 5.73 Å². The Hall–Kier alpha value is -1.23. The number of aromatic nitrogens is 3. The van der Waals surface area contributed by atoms with Crippen molar-refractivity contribution < 1.29 is 4.79 Å². The number of H-pyrrole nitrogens is 1. The third kappa shape index (κ3) is 1.12. The van der Waals surface area contributed by atoms with E-state index in [1.807, 2.05) is 0 Å². The van der Waals surface area contributed by atoms with Crippen molar-refractivity contribution in [3.63, 3.8) is 0 Å². The van der Waals surface area contributed by atoms with Gasteiger partial charge in [-0.15, -0.1) is 0 Å². The summed E-state index contributed by atoms with van der Waals surface area (Å²) >= 11 is 0. The summed E-state index contributed by atoms with van der Waals surface area (Å²) in [5.41, 5.74) is 6.45. The van der Waals surface area contributed by atoms with E-state index in [4.69, 9.17) is 5.73 Å². The number of Topliss-reactive ketones (excluding diaryl/α,β-unsaturated/α-hetero) is 1. The number of rotatable bonds is 3. The fourth-order valence-corrected chi connectivity index (χ4v) is 1.18. The fourth-order valence-electron chi connectivity index (χ4n) is 1.18. The molecule has 1 heterocycles. The lowest BCUT2D eigenvalue weighted by molar-refractivity contribution is 0.0995. The van der Waals surface area contributed by atoms with Crippen molar-refractivity contribution in [3.05, 3.63) is 11.4 Å². The molecule has 1 aromatic heterocycles. The summed E-state index contributed by atoms with van der Waals surface area (Å²) in [6.45, 7) is 0.00620. The van der Waals surface area contributed by atoms with Crippen molar-refractivity contribution in [3.8, 4) is 0 Å². The number of hydrogen-bond donors (Lipinski definition) is 2. The van der Waals surface area contributed by atoms with Crippen LogP contribution in [0.2, 0.25) is 0 Å². The molecular formula is C7H10N4O. The summed E-state index contributed by atoms with van der Waals surface area (Å²) in [4.78, 5) is 11.2. The second kappa shape index (κ2) is 2.67. The molecule has 0 spiro atoms. The monoisotopic (exact) mass is 166 g/mol. The van der Waals surface area contributed by atoms with Crippen LogP contribution in [0.1, 0.15) is 34.9 Å². The molecule has 64 valence electrons. The number of ketones is 1. The first-order chi connectivity index (χ1) is 5.83. The second-order valence-electron chi connectivity index (χ2n) is 2.96. The van der Waals surface area contributed by atoms with Crippen LogP contribution in [0.15, 0.2) is 0 Å². The Kier molecular flexibility index (Phi) is 1.65. The summed E-state index contributed by atoms with van der Waals surface area (Å²) in [5, 5.41) is 10.2. The van der Waals surface area contributed by atoms with Crippen LogP contribution in [0, 0.1) is 0 Å². The van der Waals surface area contributed by atoms with Gasteiger partial charge in [0.15, 0.2) is 11.5 Å². The van der Waals surface area contributed by atoms with Gasteiger partial charge in [-0.25, -0.2) is 0 Å². The molecule has 0 atom stereocenters. The predicted molar refractivity (Wildman–Crippen MR) is 41.7 cm³/mol. The average Bonchev–Trinajstić information content (AvgIpc) is 2.83. The van der Waals surface area contributed by atoms with Crippen molar-refractivity contribution in [2.24, 2.45) is 5.73 Å². The molecule has 0 bridgehead atoms. The minimum absolute atomic E-state index is 0.00620. The predicted octanol–water partition coefficient (Wildman–Crippen LogP) is -0.177. The topological polar surface area (TPSA) is 84.7 Å². The summed E-state index contributed by atoms with van der Waals surface area (Å²) in [6.07, 6.45) is 2.22. The van der Waals surface area contributed by atoms with E-state index in [0.29, 0.717) is 11.6 Å². The molecule has 0 aromatic carbocycles. The summed E-state index contributed by atoms with van der Waals surface area (Å²) in [5.74, 6) is 0.305. The highest BCUT2D eigenvalue weighted by Crippen LogP contribution is 2.39. The molecule has 12 heavy (non-hydrogen) atoms. The number of carbonyl (C=O) groups is 1. The van der Waals surface area contributed by atoms with Gasteiger partial charge in [0.2, 0.25) is 0 Å². The zero-order valence-electron chi connectivity index (χ0n) is 6.58. The molecule has 0 aliphatic heterocycles. The van der Waals surface area contributed by atoms with Gasteiger partial charge in [0.25, 0.3) is 0 Å². The third-order valence-electron chi connectivity index (χ3n) is 1.99. The molecule has 2 rings (SSSR count). The average molecular weight is 166 g/mol. The Morgan fingerprint density at radius 2 is 2.33 bits per heavy atom. The number of nitrogens with one attached hydrogen (secondary N) is 1. The van der Waals surface area contributed by atoms with Crippen LogP contribution in [0.25, 0.3) is 0 Å². The first kappa shape index (κ1) is 7.42. The first-order valence-corrected chi connectivity index (χ1v) is 3.97. The molecule has 1 aliphatic rings. The van der Waals surface area contributed by atoms with Crippen molar-refractivity contribution in [2.45, 2.75) is 18.8 Å². The molecule has 1 aromatic rings. The lowest BCUT2D eigenvalue weighted by Crippen LogP contribution is -2.15. The van der Waals surface area contributed by atoms with Gasteiger partial charge in [-0.2, -0.15) is 15.4 Å². The Balaban J connectivity index is 2.29. The molecule has 5 heteroatoms. The van der Waals surface area contributed by atoms with Gasteiger partial charge < -0.3 is 5.73 Å². The van der Waals surface area contributed by atoms with Gasteiger partial charge in [-0.3, -0.25) is 4.79 Å². The van der Waals surface area contributed by atoms with Crippen LogP contribution >= 0.6 is 0 Å². The number of hydrogen-bond acceptors (Lipinski definition) is 4. The first-order valence-electron chi connectivity index (χ1n) is 3.97. The molecule has 0 amide bonds. The lowest BCUT2D eigenvalue weighted by Gasteiger charge is -1.93. The van der Waals surface area contributed by atoms with E-state index in [2.05, 4.69) is 15.4 Å². The van der Waals surface area contributed by atoms with E-state index in [9.17, 15) is 4.79 Å². The highest BCUT2D eigenvalue weighted by atomic mass is 16.1. The maximum absolute atomic E-state index is 11.2. The quantitative estimate of drug-likeness (QED) is 0.610. The molecule has 1 saturated carbocycles. The van der Waals surface area contributed by atoms with Crippen LogP contribution in [-0.4, -0.2) is 27.7 Å². The summed E-state index contributed by atoms with van der Waals surface area (Å²) < 4.78 is 0. The highest BCUT2D eigenvalue weighted by molar-refractivity contribution is 5.96. The number of nitrogens with two attached hydrogens (primary N) is 1. The minimum Gasteiger partial charge on any atom is -0.324 e. The maximum Gasteiger partial charge on any atom is 0.198 e. The number of aromatic amines is 1. The molecule has 5 nitrogen and oxygen atoms in total. The normalized spacial score (nSPS) is 16.4. The Morgan fingerprint density at radius 3 is 2.92 bits per heavy atom. The number of nitrogens with zero attached hydrogens (tertiary/aromatic N) is 2. The standard InChI is InChI=1S/C7H10N4O/c8-3-5(12)7-6(4-1-2-4)9-11-10-7/h4H,1-3,8H2,(H,9,10,11). The van der Waals surface area contributed by atoms with Crippen LogP contribution in [-0.2, 0) is 0 Å². The molecule has 0 radical (unpaired) electrons. The number of carbonyl (C=O) groups excluding carboxylic acids is 1. The Bertz CT molecular complexity index is 302. The maximum atomic E-state index is 11.2. The van der Waals surface area contributed by atoms with E-state index in [0.717, 1.165) is 18.5 Å². The van der Waals surface area contributed by atoms with Crippen molar-refractivity contribution >= 4 is 5.78 Å². The molecule has 3 N–H and O–H groups in total. The van der Waals surface area contributed by atoms with E-state index in [1.165, 1.54) is 0 Å². The molecular weight excluding hydrogens is 156 g/mol. The van der Waals surface area contributed by atoms with E-state index in [-0.39, 0.29) is 12.3 Å². The Labute approximate surface area is 69.3 Å². The SMILES string of the molecule is NCC(=O)c1n[nH]nc1C1CC1. The third-order valence-corrected chi connectivity index (χ3v) is 1.99. The largest absolute Gasteiger partial charge is 0.324 e. The van der Waals surface area contributed by atoms with Crippen LogP contribution in [0.3, 0.4) is 0 Å². The minimum atomic E-state index is -0.134. The van der Waals surface area contributed by atoms with Gasteiger partial charge in [-0.1, -0.05) is 0 Å².